The molecule has 0 aliphatic carbocycles. The molecule has 0 amide bonds. The summed E-state index contributed by atoms with van der Waals surface area (Å²) in [6.07, 6.45) is 0. The first-order valence-corrected chi connectivity index (χ1v) is 19.0. The monoisotopic (exact) mass is 740 g/mol. The molecule has 0 saturated carbocycles. The maximum Gasteiger partial charge on any atom is 0.143 e. The zero-order valence-corrected chi connectivity index (χ0v) is 32.9. The van der Waals surface area contributed by atoms with E-state index in [-0.39, 0.29) is 136 Å². The van der Waals surface area contributed by atoms with E-state index in [1.54, 1.807) is 0 Å². The molecule has 18 heteroatoms. The Kier molecular flexibility index (Phi) is 9.37. The summed E-state index contributed by atoms with van der Waals surface area (Å²) < 4.78 is 6.47. The number of hydrogen-bond acceptors (Lipinski definition) is 1. The van der Waals surface area contributed by atoms with Gasteiger partial charge in [-0.1, -0.05) is 85.6 Å². The first-order valence-electron chi connectivity index (χ1n) is 19.0. The van der Waals surface area contributed by atoms with Crippen molar-refractivity contribution in [1.29, 1.82) is 0 Å². The van der Waals surface area contributed by atoms with Crippen LogP contribution in [0.1, 0.15) is 0 Å². The lowest BCUT2D eigenvalue weighted by Crippen LogP contribution is -2.52. The molecule has 0 aliphatic heterocycles. The molecule has 10 aromatic rings. The van der Waals surface area contributed by atoms with Crippen LogP contribution in [0.4, 0.5) is 0 Å². The molecule has 9 aromatic carbocycles. The number of rotatable bonds is 2. The van der Waals surface area contributed by atoms with Crippen LogP contribution < -0.4 is 92.9 Å². The highest BCUT2D eigenvalue weighted by molar-refractivity contribution is 6.76. The highest BCUT2D eigenvalue weighted by atomic mass is 16.3. The normalized spacial score (nSPS) is 12.0. The quantitative estimate of drug-likeness (QED) is 0.0979. The topological polar surface area (TPSA) is 13.1 Å². The van der Waals surface area contributed by atoms with E-state index in [1.165, 1.54) is 0 Å². The minimum Gasteiger partial charge on any atom is -0.455 e. The standard InChI is InChI=1S/C44H9B17O/c45-27-20(23-24(33(51)41(59)40(58)32(23)50)25-26(27)35(53)43(61)42(60)34(25)52)17-21-18(28(46)36(54)38(56)30(21)48)16(19-22(17)31(49)39(57)37(55)29(19)47)11-6-8-15-14(9-11)13-7-5-10-3-1-2-4-12(10)44(13)62-15/h1-9H. The summed E-state index contributed by atoms with van der Waals surface area (Å²) >= 11 is 0. The van der Waals surface area contributed by atoms with Gasteiger partial charge in [0.2, 0.25) is 0 Å². The van der Waals surface area contributed by atoms with Crippen LogP contribution in [-0.4, -0.2) is 133 Å². The van der Waals surface area contributed by atoms with Crippen molar-refractivity contribution in [3.05, 3.63) is 54.6 Å². The molecule has 0 saturated heterocycles. The molecular weight excluding hydrogens is 728 g/mol. The first kappa shape index (κ1) is 41.2. The molecule has 242 valence electrons. The maximum absolute atomic E-state index is 7.33. The Hall–Kier alpha value is -4.82. The van der Waals surface area contributed by atoms with Gasteiger partial charge in [0.05, 0.1) is 0 Å². The van der Waals surface area contributed by atoms with Crippen LogP contribution in [0.25, 0.3) is 98.1 Å². The first-order chi connectivity index (χ1) is 29.4. The van der Waals surface area contributed by atoms with Crippen molar-refractivity contribution < 1.29 is 4.42 Å². The average Bonchev–Trinajstić information content (AvgIpc) is 3.65. The van der Waals surface area contributed by atoms with Gasteiger partial charge < -0.3 is 4.42 Å². The van der Waals surface area contributed by atoms with Gasteiger partial charge in [-0.05, 0) is 88.9 Å². The molecule has 0 atom stereocenters. The molecule has 62 heavy (non-hydrogen) atoms. The van der Waals surface area contributed by atoms with Gasteiger partial charge in [-0.25, -0.2) is 0 Å². The number of fused-ring (bicyclic) bond motifs is 10. The highest BCUT2D eigenvalue weighted by Gasteiger charge is 2.29. The second-order valence-corrected chi connectivity index (χ2v) is 15.6. The molecule has 1 nitrogen and oxygen atoms in total. The Labute approximate surface area is 381 Å². The molecule has 34 radical (unpaired) electrons. The van der Waals surface area contributed by atoms with E-state index in [2.05, 4.69) is 0 Å². The lowest BCUT2D eigenvalue weighted by atomic mass is 9.56. The fourth-order valence-electron chi connectivity index (χ4n) is 9.38. The Morgan fingerprint density at radius 1 is 0.274 bits per heavy atom. The van der Waals surface area contributed by atoms with Gasteiger partial charge in [0.15, 0.2) is 0 Å². The third-order valence-electron chi connectivity index (χ3n) is 12.6. The predicted octanol–water partition coefficient (Wildman–Crippen LogP) is -7.82. The van der Waals surface area contributed by atoms with Crippen LogP contribution in [0.5, 0.6) is 0 Å². The summed E-state index contributed by atoms with van der Waals surface area (Å²) in [6, 6.07) is 17.6. The van der Waals surface area contributed by atoms with Gasteiger partial charge >= 0.3 is 0 Å². The van der Waals surface area contributed by atoms with Crippen molar-refractivity contribution in [2.24, 2.45) is 0 Å². The van der Waals surface area contributed by atoms with Crippen molar-refractivity contribution in [3.63, 3.8) is 0 Å². The summed E-state index contributed by atoms with van der Waals surface area (Å²) in [7, 11) is 116. The molecule has 0 fully saturated rings. The van der Waals surface area contributed by atoms with E-state index < -0.39 is 0 Å². The lowest BCUT2D eigenvalue weighted by molar-refractivity contribution is 0.672. The van der Waals surface area contributed by atoms with Crippen LogP contribution in [0.15, 0.2) is 59.0 Å². The zero-order valence-electron chi connectivity index (χ0n) is 32.9. The SMILES string of the molecule is [B]c1c([B])c([B])c2c(-c3c([B])c4c([B])c([B])c([B])c([B])c4c4c([B])c([B])c([B])c([B])c34)c3c([B])c([B])c([B])c([B])c3c(-c3ccc4oc5c6ccccc6ccc5c4c3)c2c1[B]. The second kappa shape index (κ2) is 14.1. The van der Waals surface area contributed by atoms with E-state index in [0.29, 0.717) is 33.1 Å². The third-order valence-corrected chi connectivity index (χ3v) is 12.6. The largest absolute Gasteiger partial charge is 0.455 e. The van der Waals surface area contributed by atoms with E-state index in [1.807, 2.05) is 54.6 Å². The van der Waals surface area contributed by atoms with Crippen LogP contribution >= 0.6 is 0 Å². The van der Waals surface area contributed by atoms with Gasteiger partial charge in [0.25, 0.3) is 0 Å². The van der Waals surface area contributed by atoms with Crippen LogP contribution in [-0.2, 0) is 0 Å². The zero-order chi connectivity index (χ0) is 44.3. The summed E-state index contributed by atoms with van der Waals surface area (Å²) in [6.45, 7) is 0. The molecule has 10 rings (SSSR count). The van der Waals surface area contributed by atoms with Gasteiger partial charge in [0, 0.05) is 16.2 Å². The molecule has 0 N–H and O–H groups in total. The van der Waals surface area contributed by atoms with E-state index in [0.717, 1.165) is 21.5 Å². The van der Waals surface area contributed by atoms with Gasteiger partial charge in [-0.15, -0.1) is 43.7 Å². The van der Waals surface area contributed by atoms with Crippen molar-refractivity contribution >= 4 is 302 Å². The molecule has 0 bridgehead atoms. The number of furan rings is 1. The highest BCUT2D eigenvalue weighted by Crippen LogP contribution is 2.44. The third kappa shape index (κ3) is 5.22. The van der Waals surface area contributed by atoms with E-state index >= 15 is 0 Å². The predicted molar refractivity (Wildman–Crippen MR) is 284 cm³/mol. The molecular formula is C44H9B17O. The van der Waals surface area contributed by atoms with E-state index in [4.69, 9.17) is 138 Å². The van der Waals surface area contributed by atoms with Crippen molar-refractivity contribution in [2.45, 2.75) is 0 Å². The molecule has 0 aliphatic rings. The van der Waals surface area contributed by atoms with Gasteiger partial charge in [0.1, 0.15) is 145 Å². The Morgan fingerprint density at radius 3 is 1.18 bits per heavy atom. The molecule has 0 spiro atoms. The average molecular weight is 737 g/mol. The minimum atomic E-state index is -0.0592. The molecule has 1 aromatic heterocycles. The summed E-state index contributed by atoms with van der Waals surface area (Å²) in [5.41, 5.74) is 2.43. The Morgan fingerprint density at radius 2 is 0.677 bits per heavy atom. The van der Waals surface area contributed by atoms with Crippen molar-refractivity contribution in [2.75, 3.05) is 0 Å². The maximum atomic E-state index is 7.33. The summed E-state index contributed by atoms with van der Waals surface area (Å²) in [5, 5.41) is 5.40. The molecule has 1 heterocycles. The van der Waals surface area contributed by atoms with Crippen LogP contribution in [0.2, 0.25) is 0 Å². The number of hydrogen-bond donors (Lipinski definition) is 0. The lowest BCUT2D eigenvalue weighted by Gasteiger charge is -2.32. The van der Waals surface area contributed by atoms with Gasteiger partial charge in [-0.2, -0.15) is 0 Å². The second-order valence-electron chi connectivity index (χ2n) is 15.6. The van der Waals surface area contributed by atoms with Crippen molar-refractivity contribution in [3.8, 4) is 22.3 Å². The fraction of sp³-hybridized carbons (Fsp3) is 0. The Bertz CT molecular complexity index is 3700. The number of benzene rings is 9. The smallest absolute Gasteiger partial charge is 0.143 e. The van der Waals surface area contributed by atoms with Crippen molar-refractivity contribution in [1.82, 2.24) is 0 Å². The summed E-state index contributed by atoms with van der Waals surface area (Å²) in [5.74, 6) is 0. The molecule has 0 unspecified atom stereocenters. The Balaban J connectivity index is 1.52. The minimum absolute atomic E-state index is 0.00444. The van der Waals surface area contributed by atoms with E-state index in [9.17, 15) is 0 Å². The fourth-order valence-corrected chi connectivity index (χ4v) is 9.38. The van der Waals surface area contributed by atoms with Crippen LogP contribution in [0, 0.1) is 0 Å². The summed E-state index contributed by atoms with van der Waals surface area (Å²) in [4.78, 5) is 0. The van der Waals surface area contributed by atoms with Crippen LogP contribution in [0.3, 0.4) is 0 Å². The van der Waals surface area contributed by atoms with Gasteiger partial charge in [-0.3, -0.25) is 0 Å².